The van der Waals surface area contributed by atoms with Crippen LogP contribution >= 0.6 is 0 Å². The molecule has 0 aliphatic rings. The lowest BCUT2D eigenvalue weighted by atomic mass is 10.2. The Morgan fingerprint density at radius 2 is 1.03 bits per heavy atom. The van der Waals surface area contributed by atoms with Crippen molar-refractivity contribution in [3.8, 4) is 5.75 Å². The number of carboxylic acids is 1. The maximum absolute atomic E-state index is 11.7. The van der Waals surface area contributed by atoms with Crippen molar-refractivity contribution in [2.24, 2.45) is 5.73 Å². The van der Waals surface area contributed by atoms with E-state index in [0.29, 0.717) is 79.2 Å². The number of esters is 1. The summed E-state index contributed by atoms with van der Waals surface area (Å²) in [5.41, 5.74) is 5.43. The van der Waals surface area contributed by atoms with E-state index in [-0.39, 0.29) is 24.3 Å². The molecule has 0 heterocycles. The third-order valence-electron chi connectivity index (χ3n) is 3.91. The first-order valence-electron chi connectivity index (χ1n) is 10.8. The number of ether oxygens (including phenoxy) is 7. The van der Waals surface area contributed by atoms with Gasteiger partial charge < -0.3 is 44.0 Å². The molecule has 0 amide bonds. The molecule has 0 atom stereocenters. The SMILES string of the molecule is NCCOCCOCCOCCOCCOCCOCCC(=O)Oc1ccc(C(=O)O)cc1. The first-order chi connectivity index (χ1) is 16.1. The van der Waals surface area contributed by atoms with Crippen LogP contribution in [0.3, 0.4) is 0 Å². The second kappa shape index (κ2) is 20.5. The summed E-state index contributed by atoms with van der Waals surface area (Å²) >= 11 is 0. The van der Waals surface area contributed by atoms with Crippen LogP contribution in [0, 0.1) is 0 Å². The Hall–Kier alpha value is -2.12. The van der Waals surface area contributed by atoms with Gasteiger partial charge in [0.15, 0.2) is 0 Å². The van der Waals surface area contributed by atoms with E-state index in [4.69, 9.17) is 44.0 Å². The highest BCUT2D eigenvalue weighted by molar-refractivity contribution is 5.87. The zero-order valence-electron chi connectivity index (χ0n) is 18.9. The van der Waals surface area contributed by atoms with Crippen molar-refractivity contribution in [3.63, 3.8) is 0 Å². The molecule has 11 nitrogen and oxygen atoms in total. The van der Waals surface area contributed by atoms with Gasteiger partial charge in [0.2, 0.25) is 0 Å². The average molecular weight is 474 g/mol. The Labute approximate surface area is 194 Å². The molecule has 0 spiro atoms. The normalized spacial score (nSPS) is 10.9. The molecule has 1 aromatic carbocycles. The molecule has 0 saturated heterocycles. The van der Waals surface area contributed by atoms with Crippen molar-refractivity contribution in [2.45, 2.75) is 6.42 Å². The highest BCUT2D eigenvalue weighted by Gasteiger charge is 2.07. The van der Waals surface area contributed by atoms with Crippen molar-refractivity contribution in [1.29, 1.82) is 0 Å². The number of benzene rings is 1. The van der Waals surface area contributed by atoms with Crippen LogP contribution in [0.5, 0.6) is 5.75 Å². The zero-order valence-corrected chi connectivity index (χ0v) is 18.9. The lowest BCUT2D eigenvalue weighted by Crippen LogP contribution is -2.15. The number of carbonyl (C=O) groups excluding carboxylic acids is 1. The Kier molecular flexibility index (Phi) is 17.9. The van der Waals surface area contributed by atoms with Crippen LogP contribution in [0.1, 0.15) is 16.8 Å². The van der Waals surface area contributed by atoms with Gasteiger partial charge in [0.05, 0.1) is 91.3 Å². The predicted molar refractivity (Wildman–Crippen MR) is 118 cm³/mol. The Morgan fingerprint density at radius 1 is 0.636 bits per heavy atom. The van der Waals surface area contributed by atoms with Crippen molar-refractivity contribution < 1.29 is 47.9 Å². The fraction of sp³-hybridized carbons (Fsp3) is 0.636. The van der Waals surface area contributed by atoms with Crippen LogP contribution < -0.4 is 10.5 Å². The van der Waals surface area contributed by atoms with Crippen molar-refractivity contribution in [1.82, 2.24) is 0 Å². The molecule has 0 fully saturated rings. The molecular formula is C22H35NO10. The Balaban J connectivity index is 1.80. The fourth-order valence-electron chi connectivity index (χ4n) is 2.29. The topological polar surface area (TPSA) is 145 Å². The van der Waals surface area contributed by atoms with Crippen LogP contribution in [-0.2, 0) is 33.2 Å². The average Bonchev–Trinajstić information content (AvgIpc) is 2.81. The van der Waals surface area contributed by atoms with E-state index in [2.05, 4.69) is 0 Å². The molecule has 0 saturated carbocycles. The first-order valence-corrected chi connectivity index (χ1v) is 10.8. The molecule has 0 bridgehead atoms. The summed E-state index contributed by atoms with van der Waals surface area (Å²) in [7, 11) is 0. The number of aromatic carboxylic acids is 1. The molecule has 1 rings (SSSR count). The molecule has 33 heavy (non-hydrogen) atoms. The third kappa shape index (κ3) is 17.1. The minimum Gasteiger partial charge on any atom is -0.478 e. The second-order valence-electron chi connectivity index (χ2n) is 6.52. The van der Waals surface area contributed by atoms with Gasteiger partial charge in [-0.15, -0.1) is 0 Å². The summed E-state index contributed by atoms with van der Waals surface area (Å²) in [5.74, 6) is -1.21. The van der Waals surface area contributed by atoms with E-state index in [1.165, 1.54) is 24.3 Å². The number of hydrogen-bond acceptors (Lipinski definition) is 10. The fourth-order valence-corrected chi connectivity index (χ4v) is 2.29. The van der Waals surface area contributed by atoms with Gasteiger partial charge in [0, 0.05) is 6.54 Å². The van der Waals surface area contributed by atoms with E-state index >= 15 is 0 Å². The van der Waals surface area contributed by atoms with E-state index in [9.17, 15) is 9.59 Å². The van der Waals surface area contributed by atoms with Crippen molar-refractivity contribution in [2.75, 3.05) is 85.8 Å². The molecular weight excluding hydrogens is 438 g/mol. The van der Waals surface area contributed by atoms with Gasteiger partial charge in [-0.2, -0.15) is 0 Å². The number of carboxylic acid groups (broad SMARTS) is 1. The Bertz CT molecular complexity index is 626. The third-order valence-corrected chi connectivity index (χ3v) is 3.91. The Morgan fingerprint density at radius 3 is 1.42 bits per heavy atom. The number of nitrogens with two attached hydrogens (primary N) is 1. The molecule has 0 aliphatic heterocycles. The summed E-state index contributed by atoms with van der Waals surface area (Å²) < 4.78 is 37.1. The van der Waals surface area contributed by atoms with Crippen LogP contribution in [-0.4, -0.2) is 103 Å². The quantitative estimate of drug-likeness (QED) is 0.140. The van der Waals surface area contributed by atoms with Crippen LogP contribution in [0.25, 0.3) is 0 Å². The lowest BCUT2D eigenvalue weighted by Gasteiger charge is -2.08. The van der Waals surface area contributed by atoms with Gasteiger partial charge in [-0.05, 0) is 24.3 Å². The van der Waals surface area contributed by atoms with Gasteiger partial charge in [-0.25, -0.2) is 4.79 Å². The first kappa shape index (κ1) is 28.9. The molecule has 0 aromatic heterocycles. The maximum Gasteiger partial charge on any atom is 0.335 e. The molecule has 0 unspecified atom stereocenters. The van der Waals surface area contributed by atoms with E-state index in [1.54, 1.807) is 0 Å². The summed E-state index contributed by atoms with van der Waals surface area (Å²) in [5, 5.41) is 8.83. The minimum atomic E-state index is -1.04. The maximum atomic E-state index is 11.7. The minimum absolute atomic E-state index is 0.0803. The highest BCUT2D eigenvalue weighted by Crippen LogP contribution is 2.12. The number of carbonyl (C=O) groups is 2. The predicted octanol–water partition coefficient (Wildman–Crippen LogP) is 0.739. The van der Waals surface area contributed by atoms with Crippen LogP contribution in [0.2, 0.25) is 0 Å². The smallest absolute Gasteiger partial charge is 0.335 e. The van der Waals surface area contributed by atoms with E-state index in [0.717, 1.165) is 0 Å². The van der Waals surface area contributed by atoms with Gasteiger partial charge in [-0.3, -0.25) is 4.79 Å². The molecule has 0 radical (unpaired) electrons. The highest BCUT2D eigenvalue weighted by atomic mass is 16.6. The standard InChI is InChI=1S/C22H35NO10/c23-6-8-28-10-12-30-14-16-32-18-17-31-15-13-29-11-9-27-7-5-21(24)33-20-3-1-19(2-4-20)22(25)26/h1-4H,5-18,23H2,(H,25,26). The summed E-state index contributed by atoms with van der Waals surface area (Å²) in [6.07, 6.45) is 0.0803. The van der Waals surface area contributed by atoms with Crippen molar-refractivity contribution in [3.05, 3.63) is 29.8 Å². The molecule has 188 valence electrons. The van der Waals surface area contributed by atoms with E-state index < -0.39 is 11.9 Å². The largest absolute Gasteiger partial charge is 0.478 e. The van der Waals surface area contributed by atoms with Crippen LogP contribution in [0.4, 0.5) is 0 Å². The monoisotopic (exact) mass is 473 g/mol. The summed E-state index contributed by atoms with van der Waals surface area (Å²) in [6, 6.07) is 5.60. The second-order valence-corrected chi connectivity index (χ2v) is 6.52. The lowest BCUT2D eigenvalue weighted by molar-refractivity contribution is -0.135. The van der Waals surface area contributed by atoms with Gasteiger partial charge >= 0.3 is 11.9 Å². The summed E-state index contributed by atoms with van der Waals surface area (Å²) in [4.78, 5) is 22.5. The molecule has 0 aliphatic carbocycles. The number of hydrogen-bond donors (Lipinski definition) is 2. The molecule has 3 N–H and O–H groups in total. The van der Waals surface area contributed by atoms with Gasteiger partial charge in [-0.1, -0.05) is 0 Å². The molecule has 11 heteroatoms. The van der Waals surface area contributed by atoms with Crippen LogP contribution in [0.15, 0.2) is 24.3 Å². The van der Waals surface area contributed by atoms with Crippen molar-refractivity contribution >= 4 is 11.9 Å². The van der Waals surface area contributed by atoms with Gasteiger partial charge in [0.25, 0.3) is 0 Å². The zero-order chi connectivity index (χ0) is 24.0. The van der Waals surface area contributed by atoms with E-state index in [1.807, 2.05) is 0 Å². The number of rotatable bonds is 22. The molecule has 1 aromatic rings. The summed E-state index contributed by atoms with van der Waals surface area (Å²) in [6.45, 7) is 5.89. The van der Waals surface area contributed by atoms with Gasteiger partial charge in [0.1, 0.15) is 5.75 Å².